The molecule has 54 heavy (non-hydrogen) atoms. The molecule has 0 saturated carbocycles. The van der Waals surface area contributed by atoms with Gasteiger partial charge in [0.2, 0.25) is 0 Å². The van der Waals surface area contributed by atoms with E-state index in [2.05, 4.69) is 195 Å². The van der Waals surface area contributed by atoms with E-state index in [0.29, 0.717) is 0 Å². The van der Waals surface area contributed by atoms with Crippen molar-refractivity contribution in [1.82, 2.24) is 19.5 Å². The second kappa shape index (κ2) is 12.1. The average molecular weight is 695 g/mol. The standard InChI is InChI=1S/C48H34N6/c1-3-10-39(11-4-1)53-45-20-16-33(29-43(45)51-47(53)37-14-18-41-35(27-37)22-24-49-41)31-8-7-9-32(26-31)34-17-21-46-44(30-34)52-48(54(46)40-12-5-2-6-13-40)38-15-19-42-36(28-38)23-25-50-42/h1-30,47,49-51H. The van der Waals surface area contributed by atoms with Crippen molar-refractivity contribution in [1.29, 1.82) is 0 Å². The zero-order chi connectivity index (χ0) is 35.6. The van der Waals surface area contributed by atoms with Crippen LogP contribution in [0.5, 0.6) is 0 Å². The fraction of sp³-hybridized carbons (Fsp3) is 0.0208. The Hall–Kier alpha value is -7.31. The van der Waals surface area contributed by atoms with E-state index in [9.17, 15) is 0 Å². The molecule has 7 aromatic carbocycles. The van der Waals surface area contributed by atoms with Gasteiger partial charge in [-0.05, 0) is 130 Å². The van der Waals surface area contributed by atoms with Crippen molar-refractivity contribution >= 4 is 49.9 Å². The van der Waals surface area contributed by atoms with E-state index in [1.165, 1.54) is 16.3 Å². The third-order valence-corrected chi connectivity index (χ3v) is 10.7. The first-order valence-corrected chi connectivity index (χ1v) is 18.3. The number of para-hydroxylation sites is 2. The molecule has 3 aromatic heterocycles. The summed E-state index contributed by atoms with van der Waals surface area (Å²) in [5, 5.41) is 6.25. The molecule has 0 aliphatic carbocycles. The van der Waals surface area contributed by atoms with Crippen molar-refractivity contribution in [2.24, 2.45) is 0 Å². The maximum Gasteiger partial charge on any atom is 0.145 e. The zero-order valence-electron chi connectivity index (χ0n) is 29.2. The molecule has 0 radical (unpaired) electrons. The molecular formula is C48H34N6. The number of anilines is 3. The number of aromatic nitrogens is 4. The van der Waals surface area contributed by atoms with Crippen molar-refractivity contribution in [3.8, 4) is 39.3 Å². The molecule has 6 heteroatoms. The highest BCUT2D eigenvalue weighted by Gasteiger charge is 2.31. The van der Waals surface area contributed by atoms with Crippen molar-refractivity contribution in [2.75, 3.05) is 10.2 Å². The highest BCUT2D eigenvalue weighted by Crippen LogP contribution is 2.48. The molecule has 1 atom stereocenters. The van der Waals surface area contributed by atoms with E-state index in [4.69, 9.17) is 4.98 Å². The normalized spacial score (nSPS) is 13.9. The molecule has 1 aliphatic rings. The van der Waals surface area contributed by atoms with Gasteiger partial charge < -0.3 is 20.2 Å². The molecule has 3 N–H and O–H groups in total. The molecule has 4 heterocycles. The summed E-state index contributed by atoms with van der Waals surface area (Å²) in [6, 6.07) is 60.8. The van der Waals surface area contributed by atoms with Crippen LogP contribution in [-0.2, 0) is 0 Å². The van der Waals surface area contributed by atoms with Crippen LogP contribution in [0.2, 0.25) is 0 Å². The number of benzene rings is 7. The van der Waals surface area contributed by atoms with Crippen LogP contribution in [0.15, 0.2) is 182 Å². The third kappa shape index (κ3) is 4.99. The molecule has 0 bridgehead atoms. The van der Waals surface area contributed by atoms with E-state index >= 15 is 0 Å². The predicted octanol–water partition coefficient (Wildman–Crippen LogP) is 12.3. The molecule has 1 unspecified atom stereocenters. The Morgan fingerprint density at radius 3 is 1.91 bits per heavy atom. The van der Waals surface area contributed by atoms with Crippen molar-refractivity contribution in [3.63, 3.8) is 0 Å². The molecule has 10 aromatic rings. The highest BCUT2D eigenvalue weighted by molar-refractivity contribution is 5.92. The second-order valence-electron chi connectivity index (χ2n) is 14.0. The number of aromatic amines is 2. The SMILES string of the molecule is c1ccc(N2c3ccc(-c4cccc(-c5ccc6c(c5)nc(-c5ccc7[nH]ccc7c5)n6-c5ccccc5)c4)cc3NC2c2ccc3[nH]ccc3c2)cc1. The first-order chi connectivity index (χ1) is 26.7. The summed E-state index contributed by atoms with van der Waals surface area (Å²) in [6.45, 7) is 0. The number of hydrogen-bond donors (Lipinski definition) is 3. The molecule has 1 aliphatic heterocycles. The van der Waals surface area contributed by atoms with Crippen LogP contribution in [-0.4, -0.2) is 19.5 Å². The van der Waals surface area contributed by atoms with E-state index in [1.807, 2.05) is 12.4 Å². The minimum Gasteiger partial charge on any atom is -0.361 e. The smallest absolute Gasteiger partial charge is 0.145 e. The van der Waals surface area contributed by atoms with Gasteiger partial charge >= 0.3 is 0 Å². The lowest BCUT2D eigenvalue weighted by molar-refractivity contribution is 0.830. The van der Waals surface area contributed by atoms with Gasteiger partial charge in [0.1, 0.15) is 12.0 Å². The molecule has 11 rings (SSSR count). The Morgan fingerprint density at radius 2 is 1.13 bits per heavy atom. The Labute approximate surface area is 312 Å². The van der Waals surface area contributed by atoms with E-state index < -0.39 is 0 Å². The third-order valence-electron chi connectivity index (χ3n) is 10.7. The summed E-state index contributed by atoms with van der Waals surface area (Å²) in [6.07, 6.45) is 3.94. The number of hydrogen-bond acceptors (Lipinski definition) is 3. The number of H-pyrrole nitrogens is 2. The predicted molar refractivity (Wildman–Crippen MR) is 222 cm³/mol. The summed E-state index contributed by atoms with van der Waals surface area (Å²) in [5.41, 5.74) is 15.7. The summed E-state index contributed by atoms with van der Waals surface area (Å²) < 4.78 is 2.27. The number of imidazole rings is 1. The molecule has 0 spiro atoms. The zero-order valence-corrected chi connectivity index (χ0v) is 29.2. The largest absolute Gasteiger partial charge is 0.361 e. The van der Waals surface area contributed by atoms with Crippen LogP contribution in [0.25, 0.3) is 72.2 Å². The minimum atomic E-state index is -0.0412. The van der Waals surface area contributed by atoms with E-state index in [0.717, 1.165) is 78.5 Å². The lowest BCUT2D eigenvalue weighted by Gasteiger charge is -2.27. The monoisotopic (exact) mass is 694 g/mol. The van der Waals surface area contributed by atoms with Gasteiger partial charge in [-0.3, -0.25) is 4.57 Å². The van der Waals surface area contributed by atoms with Crippen LogP contribution < -0.4 is 10.2 Å². The molecule has 0 fully saturated rings. The Bertz CT molecular complexity index is 2990. The first-order valence-electron chi connectivity index (χ1n) is 18.3. The van der Waals surface area contributed by atoms with Crippen molar-refractivity contribution < 1.29 is 0 Å². The summed E-state index contributed by atoms with van der Waals surface area (Å²) in [4.78, 5) is 14.3. The maximum atomic E-state index is 5.27. The van der Waals surface area contributed by atoms with Gasteiger partial charge in [-0.25, -0.2) is 4.98 Å². The average Bonchev–Trinajstić information content (AvgIpc) is 4.05. The molecule has 0 saturated heterocycles. The van der Waals surface area contributed by atoms with Crippen LogP contribution in [0.1, 0.15) is 11.7 Å². The number of fused-ring (bicyclic) bond motifs is 4. The minimum absolute atomic E-state index is 0.0412. The van der Waals surface area contributed by atoms with Crippen LogP contribution >= 0.6 is 0 Å². The lowest BCUT2D eigenvalue weighted by Crippen LogP contribution is -2.23. The molecular weight excluding hydrogens is 661 g/mol. The van der Waals surface area contributed by atoms with Gasteiger partial charge in [-0.15, -0.1) is 0 Å². The maximum absolute atomic E-state index is 5.27. The highest BCUT2D eigenvalue weighted by atomic mass is 15.3. The topological polar surface area (TPSA) is 64.7 Å². The van der Waals surface area contributed by atoms with Gasteiger partial charge in [0.15, 0.2) is 0 Å². The van der Waals surface area contributed by atoms with Gasteiger partial charge in [-0.1, -0.05) is 72.8 Å². The van der Waals surface area contributed by atoms with E-state index in [-0.39, 0.29) is 6.17 Å². The van der Waals surface area contributed by atoms with Crippen molar-refractivity contribution in [3.05, 3.63) is 188 Å². The van der Waals surface area contributed by atoms with Crippen molar-refractivity contribution in [2.45, 2.75) is 6.17 Å². The Balaban J connectivity index is 0.971. The van der Waals surface area contributed by atoms with Gasteiger partial charge in [-0.2, -0.15) is 0 Å². The summed E-state index contributed by atoms with van der Waals surface area (Å²) in [5.74, 6) is 0.923. The van der Waals surface area contributed by atoms with Gasteiger partial charge in [0.25, 0.3) is 0 Å². The van der Waals surface area contributed by atoms with Crippen LogP contribution in [0.4, 0.5) is 17.1 Å². The van der Waals surface area contributed by atoms with E-state index in [1.54, 1.807) is 0 Å². The van der Waals surface area contributed by atoms with Gasteiger partial charge in [0.05, 0.1) is 22.4 Å². The lowest BCUT2D eigenvalue weighted by atomic mass is 9.98. The second-order valence-corrected chi connectivity index (χ2v) is 14.0. The van der Waals surface area contributed by atoms with Gasteiger partial charge in [0, 0.05) is 45.8 Å². The summed E-state index contributed by atoms with van der Waals surface area (Å²) in [7, 11) is 0. The number of rotatable bonds is 6. The first kappa shape index (κ1) is 30.3. The fourth-order valence-electron chi connectivity index (χ4n) is 8.11. The summed E-state index contributed by atoms with van der Waals surface area (Å²) >= 11 is 0. The number of nitrogens with one attached hydrogen (secondary N) is 3. The van der Waals surface area contributed by atoms with Crippen LogP contribution in [0.3, 0.4) is 0 Å². The number of nitrogens with zero attached hydrogens (tertiary/aromatic N) is 3. The quantitative estimate of drug-likeness (QED) is 0.162. The van der Waals surface area contributed by atoms with Crippen LogP contribution in [0, 0.1) is 0 Å². The Morgan fingerprint density at radius 1 is 0.481 bits per heavy atom. The molecule has 0 amide bonds. The fourth-order valence-corrected chi connectivity index (χ4v) is 8.11. The Kier molecular flexibility index (Phi) is 6.82. The molecule has 256 valence electrons. The molecule has 6 nitrogen and oxygen atoms in total.